The van der Waals surface area contributed by atoms with Crippen LogP contribution < -0.4 is 0 Å². The Labute approximate surface area is 177 Å². The molecule has 4 rings (SSSR count). The molecule has 0 saturated heterocycles. The molecule has 0 amide bonds. The second kappa shape index (κ2) is 9.24. The summed E-state index contributed by atoms with van der Waals surface area (Å²) in [5, 5.41) is 1.44. The second-order valence-electron chi connectivity index (χ2n) is 7.98. The van der Waals surface area contributed by atoms with E-state index in [1.165, 1.54) is 0 Å². The van der Waals surface area contributed by atoms with Gasteiger partial charge in [0.1, 0.15) is 12.6 Å². The number of carbonyl (C=O) groups excluding carboxylic acids is 2. The van der Waals surface area contributed by atoms with Crippen LogP contribution in [0.25, 0.3) is 0 Å². The zero-order valence-electron chi connectivity index (χ0n) is 16.0. The normalized spacial score (nSPS) is 19.5. The summed E-state index contributed by atoms with van der Waals surface area (Å²) >= 11 is 11.9. The van der Waals surface area contributed by atoms with Gasteiger partial charge in [-0.05, 0) is 61.1 Å². The van der Waals surface area contributed by atoms with Gasteiger partial charge in [-0.25, -0.2) is 0 Å². The highest BCUT2D eigenvalue weighted by Crippen LogP contribution is 2.40. The molecule has 0 unspecified atom stereocenters. The fraction of sp³-hybridized carbons (Fsp3) is 0.417. The quantitative estimate of drug-likeness (QED) is 0.519. The molecule has 148 valence electrons. The van der Waals surface area contributed by atoms with E-state index in [0.29, 0.717) is 0 Å². The highest BCUT2D eigenvalue weighted by atomic mass is 35.5. The zero-order chi connectivity index (χ0) is 20.0. The first-order valence-corrected chi connectivity index (χ1v) is 10.7. The van der Waals surface area contributed by atoms with Crippen LogP contribution in [0.2, 0.25) is 10.0 Å². The molecule has 2 aliphatic carbocycles. The summed E-state index contributed by atoms with van der Waals surface area (Å²) in [6.45, 7) is 0. The van der Waals surface area contributed by atoms with Gasteiger partial charge in [0.15, 0.2) is 0 Å². The Morgan fingerprint density at radius 1 is 0.643 bits per heavy atom. The van der Waals surface area contributed by atoms with Crippen molar-refractivity contribution >= 4 is 35.8 Å². The lowest BCUT2D eigenvalue weighted by atomic mass is 9.80. The Kier molecular flexibility index (Phi) is 6.95. The van der Waals surface area contributed by atoms with Crippen LogP contribution in [-0.2, 0) is 20.4 Å². The second-order valence-corrected chi connectivity index (χ2v) is 8.86. The molecule has 2 aromatic carbocycles. The van der Waals surface area contributed by atoms with Crippen LogP contribution in [0, 0.1) is 0 Å². The fourth-order valence-electron chi connectivity index (χ4n) is 4.56. The van der Waals surface area contributed by atoms with Crippen molar-refractivity contribution in [3.63, 3.8) is 0 Å². The molecule has 2 saturated carbocycles. The lowest BCUT2D eigenvalue weighted by Gasteiger charge is -2.22. The Hall–Kier alpha value is -1.64. The molecule has 0 N–H and O–H groups in total. The van der Waals surface area contributed by atoms with E-state index in [1.807, 2.05) is 48.5 Å². The fourth-order valence-corrected chi connectivity index (χ4v) is 4.94. The minimum absolute atomic E-state index is 0.245. The van der Waals surface area contributed by atoms with Crippen LogP contribution in [0.15, 0.2) is 48.5 Å². The van der Waals surface area contributed by atoms with Gasteiger partial charge in [-0.15, -0.1) is 0 Å². The summed E-state index contributed by atoms with van der Waals surface area (Å²) < 4.78 is 0. The average molecular weight is 417 g/mol. The molecule has 2 nitrogen and oxygen atoms in total. The lowest BCUT2D eigenvalue weighted by molar-refractivity contribution is -0.113. The number of hydrogen-bond donors (Lipinski definition) is 0. The Morgan fingerprint density at radius 3 is 1.29 bits per heavy atom. The molecule has 4 heteroatoms. The number of rotatable bonds is 4. The van der Waals surface area contributed by atoms with Gasteiger partial charge in [0.25, 0.3) is 0 Å². The molecule has 2 fully saturated rings. The number of hydrogen-bond acceptors (Lipinski definition) is 2. The first-order chi connectivity index (χ1) is 13.5. The van der Waals surface area contributed by atoms with Crippen LogP contribution in [0.1, 0.15) is 62.5 Å². The molecule has 0 bridgehead atoms. The summed E-state index contributed by atoms with van der Waals surface area (Å²) in [4.78, 5) is 22.4. The largest absolute Gasteiger partial charge is 0.302 e. The van der Waals surface area contributed by atoms with Gasteiger partial charge < -0.3 is 9.59 Å². The molecule has 0 atom stereocenters. The highest BCUT2D eigenvalue weighted by molar-refractivity contribution is 6.31. The Morgan fingerprint density at radius 2 is 1.00 bits per heavy atom. The van der Waals surface area contributed by atoms with Crippen molar-refractivity contribution in [2.75, 3.05) is 0 Å². The molecule has 0 spiro atoms. The van der Waals surface area contributed by atoms with E-state index in [1.54, 1.807) is 0 Å². The van der Waals surface area contributed by atoms with E-state index in [0.717, 1.165) is 85.1 Å². The maximum Gasteiger partial charge on any atom is 0.130 e. The minimum atomic E-state index is -0.245. The maximum absolute atomic E-state index is 11.2. The standard InChI is InChI=1S/2C12H13ClO/c2*13-11-5-3-4-10(8-11)12(9-14)6-1-2-7-12/h2*3-5,8-9H,1-2,6-7H2. The summed E-state index contributed by atoms with van der Waals surface area (Å²) in [5.74, 6) is 0. The Bertz CT molecular complexity index is 749. The first kappa shape index (κ1) is 21.1. The van der Waals surface area contributed by atoms with E-state index >= 15 is 0 Å². The van der Waals surface area contributed by atoms with Crippen LogP contribution in [0.3, 0.4) is 0 Å². The van der Waals surface area contributed by atoms with Gasteiger partial charge in [0, 0.05) is 10.0 Å². The van der Waals surface area contributed by atoms with Gasteiger partial charge in [-0.2, -0.15) is 0 Å². The van der Waals surface area contributed by atoms with Crippen molar-refractivity contribution in [3.05, 3.63) is 69.7 Å². The number of halogens is 2. The topological polar surface area (TPSA) is 34.1 Å². The van der Waals surface area contributed by atoms with Crippen molar-refractivity contribution in [3.8, 4) is 0 Å². The van der Waals surface area contributed by atoms with Crippen molar-refractivity contribution < 1.29 is 9.59 Å². The van der Waals surface area contributed by atoms with Crippen LogP contribution in [0.4, 0.5) is 0 Å². The number of aldehydes is 2. The smallest absolute Gasteiger partial charge is 0.130 e. The van der Waals surface area contributed by atoms with E-state index in [2.05, 4.69) is 0 Å². The van der Waals surface area contributed by atoms with Gasteiger partial charge in [-0.1, -0.05) is 73.2 Å². The highest BCUT2D eigenvalue weighted by Gasteiger charge is 2.36. The van der Waals surface area contributed by atoms with Crippen molar-refractivity contribution in [2.45, 2.75) is 62.2 Å². The first-order valence-electron chi connectivity index (χ1n) is 9.98. The number of benzene rings is 2. The minimum Gasteiger partial charge on any atom is -0.302 e. The third kappa shape index (κ3) is 4.50. The summed E-state index contributed by atoms with van der Waals surface area (Å²) in [6, 6.07) is 15.4. The molecule has 0 heterocycles. The number of carbonyl (C=O) groups is 2. The van der Waals surface area contributed by atoms with Crippen molar-refractivity contribution in [2.24, 2.45) is 0 Å². The summed E-state index contributed by atoms with van der Waals surface area (Å²) in [7, 11) is 0. The zero-order valence-corrected chi connectivity index (χ0v) is 17.5. The molecule has 0 aromatic heterocycles. The molecule has 0 aliphatic heterocycles. The molecule has 2 aliphatic rings. The molecule has 28 heavy (non-hydrogen) atoms. The third-order valence-electron chi connectivity index (χ3n) is 6.24. The molecular formula is C24H26Cl2O2. The molecular weight excluding hydrogens is 391 g/mol. The van der Waals surface area contributed by atoms with Crippen molar-refractivity contribution in [1.82, 2.24) is 0 Å². The van der Waals surface area contributed by atoms with Crippen LogP contribution in [0.5, 0.6) is 0 Å². The van der Waals surface area contributed by atoms with E-state index in [9.17, 15) is 9.59 Å². The maximum atomic E-state index is 11.2. The Balaban J connectivity index is 0.000000161. The SMILES string of the molecule is O=CC1(c2cccc(Cl)c2)CCCC1.O=CC1(c2cccc(Cl)c2)CCCC1. The predicted molar refractivity (Wildman–Crippen MR) is 115 cm³/mol. The van der Waals surface area contributed by atoms with E-state index < -0.39 is 0 Å². The average Bonchev–Trinajstić information content (AvgIpc) is 3.39. The summed E-state index contributed by atoms with van der Waals surface area (Å²) in [5.41, 5.74) is 1.67. The molecule has 2 aromatic rings. The van der Waals surface area contributed by atoms with Gasteiger partial charge in [0.2, 0.25) is 0 Å². The van der Waals surface area contributed by atoms with E-state index in [4.69, 9.17) is 23.2 Å². The lowest BCUT2D eigenvalue weighted by Crippen LogP contribution is -2.23. The summed E-state index contributed by atoms with van der Waals surface area (Å²) in [6.07, 6.45) is 10.7. The third-order valence-corrected chi connectivity index (χ3v) is 6.71. The van der Waals surface area contributed by atoms with E-state index in [-0.39, 0.29) is 10.8 Å². The van der Waals surface area contributed by atoms with Crippen molar-refractivity contribution in [1.29, 1.82) is 0 Å². The van der Waals surface area contributed by atoms with Crippen LogP contribution >= 0.6 is 23.2 Å². The monoisotopic (exact) mass is 416 g/mol. The predicted octanol–water partition coefficient (Wildman–Crippen LogP) is 6.70. The van der Waals surface area contributed by atoms with Crippen LogP contribution in [-0.4, -0.2) is 12.6 Å². The van der Waals surface area contributed by atoms with Gasteiger partial charge in [0.05, 0.1) is 10.8 Å². The molecule has 0 radical (unpaired) electrons. The van der Waals surface area contributed by atoms with Gasteiger partial charge in [-0.3, -0.25) is 0 Å². The van der Waals surface area contributed by atoms with Gasteiger partial charge >= 0.3 is 0 Å².